The zero-order valence-corrected chi connectivity index (χ0v) is 32.2. The Labute approximate surface area is 338 Å². The van der Waals surface area contributed by atoms with Crippen LogP contribution in [0.5, 0.6) is 11.5 Å². The lowest BCUT2D eigenvalue weighted by Gasteiger charge is -2.35. The summed E-state index contributed by atoms with van der Waals surface area (Å²) in [6.45, 7) is 0. The minimum absolute atomic E-state index is 0.646. The van der Waals surface area contributed by atoms with Crippen LogP contribution in [-0.2, 0) is 10.8 Å². The zero-order valence-electron chi connectivity index (χ0n) is 32.2. The fraction of sp³-hybridized carbons (Fsp3) is 0.0741. The molecular weight excluding hydrogens is 709 g/mol. The largest absolute Gasteiger partial charge is 0.497 e. The van der Waals surface area contributed by atoms with Gasteiger partial charge in [-0.1, -0.05) is 158 Å². The summed E-state index contributed by atoms with van der Waals surface area (Å²) < 4.78 is 11.3. The van der Waals surface area contributed by atoms with E-state index in [4.69, 9.17) is 19.5 Å². The van der Waals surface area contributed by atoms with Crippen LogP contribution in [0.15, 0.2) is 204 Å². The average molecular weight is 747 g/mol. The summed E-state index contributed by atoms with van der Waals surface area (Å²) in [4.78, 5) is 11.2. The lowest BCUT2D eigenvalue weighted by molar-refractivity contribution is 0.414. The SMILES string of the molecule is COc1ccc(-c2ccc(C3(c4ccc5c(c4)N=C(c4ccccc4)C54c5ccccc5-c5ccc(OC)cc54)C(c4ccccc4)=Nc4ccccc43)cc2)cc1. The van der Waals surface area contributed by atoms with Crippen molar-refractivity contribution < 1.29 is 9.47 Å². The van der Waals surface area contributed by atoms with Gasteiger partial charge in [0.25, 0.3) is 0 Å². The van der Waals surface area contributed by atoms with Crippen LogP contribution in [0.3, 0.4) is 0 Å². The zero-order chi connectivity index (χ0) is 38.8. The Kier molecular flexibility index (Phi) is 7.70. The van der Waals surface area contributed by atoms with Crippen LogP contribution in [0.25, 0.3) is 22.3 Å². The Morgan fingerprint density at radius 2 is 0.862 bits per heavy atom. The molecule has 4 nitrogen and oxygen atoms in total. The van der Waals surface area contributed by atoms with E-state index in [2.05, 4.69) is 182 Å². The smallest absolute Gasteiger partial charge is 0.119 e. The van der Waals surface area contributed by atoms with Crippen LogP contribution >= 0.6 is 0 Å². The van der Waals surface area contributed by atoms with Crippen molar-refractivity contribution in [2.75, 3.05) is 14.2 Å². The number of benzene rings is 8. The molecule has 2 heterocycles. The third-order valence-electron chi connectivity index (χ3n) is 12.4. The van der Waals surface area contributed by atoms with Gasteiger partial charge in [-0.05, 0) is 103 Å². The molecule has 0 saturated carbocycles. The van der Waals surface area contributed by atoms with Crippen molar-refractivity contribution in [2.24, 2.45) is 9.98 Å². The highest BCUT2D eigenvalue weighted by Gasteiger charge is 2.54. The van der Waals surface area contributed by atoms with E-state index < -0.39 is 10.8 Å². The van der Waals surface area contributed by atoms with E-state index in [1.54, 1.807) is 14.2 Å². The van der Waals surface area contributed by atoms with Gasteiger partial charge in [-0.25, -0.2) is 0 Å². The minimum atomic E-state index is -0.738. The van der Waals surface area contributed by atoms with Crippen LogP contribution in [0.2, 0.25) is 0 Å². The second kappa shape index (κ2) is 13.1. The Hall–Kier alpha value is -7.30. The highest BCUT2D eigenvalue weighted by atomic mass is 16.5. The van der Waals surface area contributed by atoms with Crippen LogP contribution < -0.4 is 9.47 Å². The molecule has 2 atom stereocenters. The molecule has 276 valence electrons. The normalized spacial score (nSPS) is 18.2. The minimum Gasteiger partial charge on any atom is -0.497 e. The Morgan fingerprint density at radius 1 is 0.345 bits per heavy atom. The molecule has 0 aromatic heterocycles. The molecule has 1 aliphatic carbocycles. The number of para-hydroxylation sites is 1. The number of nitrogens with zero attached hydrogens (tertiary/aromatic N) is 2. The number of ether oxygens (including phenoxy) is 2. The number of fused-ring (bicyclic) bond motifs is 8. The van der Waals surface area contributed by atoms with E-state index in [1.807, 2.05) is 12.1 Å². The molecule has 0 bridgehead atoms. The topological polar surface area (TPSA) is 43.2 Å². The summed E-state index contributed by atoms with van der Waals surface area (Å²) in [7, 11) is 3.44. The molecule has 4 heteroatoms. The van der Waals surface area contributed by atoms with Gasteiger partial charge in [0.15, 0.2) is 0 Å². The van der Waals surface area contributed by atoms with E-state index in [1.165, 1.54) is 22.3 Å². The van der Waals surface area contributed by atoms with Gasteiger partial charge >= 0.3 is 0 Å². The first-order valence-electron chi connectivity index (χ1n) is 19.7. The molecule has 58 heavy (non-hydrogen) atoms. The molecule has 2 aliphatic heterocycles. The van der Waals surface area contributed by atoms with Gasteiger partial charge in [-0.3, -0.25) is 9.98 Å². The number of hydrogen-bond donors (Lipinski definition) is 0. The molecule has 11 rings (SSSR count). The quantitative estimate of drug-likeness (QED) is 0.163. The van der Waals surface area contributed by atoms with Crippen molar-refractivity contribution in [2.45, 2.75) is 10.8 Å². The molecular formula is C54H38N2O2. The summed E-state index contributed by atoms with van der Waals surface area (Å²) in [5.74, 6) is 1.66. The van der Waals surface area contributed by atoms with Crippen molar-refractivity contribution >= 4 is 22.8 Å². The number of methoxy groups -OCH3 is 2. The van der Waals surface area contributed by atoms with E-state index in [-0.39, 0.29) is 0 Å². The third-order valence-corrected chi connectivity index (χ3v) is 12.4. The monoisotopic (exact) mass is 746 g/mol. The maximum atomic E-state index is 5.89. The first-order chi connectivity index (χ1) is 28.6. The maximum Gasteiger partial charge on any atom is 0.119 e. The van der Waals surface area contributed by atoms with Gasteiger partial charge in [-0.2, -0.15) is 0 Å². The fourth-order valence-electron chi connectivity index (χ4n) is 9.86. The summed E-state index contributed by atoms with van der Waals surface area (Å²) in [6.07, 6.45) is 0. The maximum absolute atomic E-state index is 5.89. The van der Waals surface area contributed by atoms with Gasteiger partial charge in [0.1, 0.15) is 11.5 Å². The van der Waals surface area contributed by atoms with Gasteiger partial charge in [-0.15, -0.1) is 0 Å². The van der Waals surface area contributed by atoms with E-state index in [9.17, 15) is 0 Å². The van der Waals surface area contributed by atoms with Crippen molar-refractivity contribution in [3.8, 4) is 33.8 Å². The Balaban J connectivity index is 1.19. The van der Waals surface area contributed by atoms with Gasteiger partial charge in [0, 0.05) is 0 Å². The van der Waals surface area contributed by atoms with E-state index in [0.717, 1.165) is 78.8 Å². The predicted molar refractivity (Wildman–Crippen MR) is 235 cm³/mol. The van der Waals surface area contributed by atoms with Crippen molar-refractivity contribution in [1.82, 2.24) is 0 Å². The molecule has 0 amide bonds. The highest BCUT2D eigenvalue weighted by Crippen LogP contribution is 2.61. The first kappa shape index (κ1) is 34.0. The van der Waals surface area contributed by atoms with Crippen molar-refractivity contribution in [1.29, 1.82) is 0 Å². The Morgan fingerprint density at radius 3 is 1.55 bits per heavy atom. The predicted octanol–water partition coefficient (Wildman–Crippen LogP) is 12.3. The number of rotatable bonds is 7. The average Bonchev–Trinajstić information content (AvgIpc) is 3.94. The summed E-state index contributed by atoms with van der Waals surface area (Å²) >= 11 is 0. The van der Waals surface area contributed by atoms with Gasteiger partial charge in [0.05, 0.1) is 47.8 Å². The summed E-state index contributed by atoms with van der Waals surface area (Å²) in [5, 5.41) is 0. The molecule has 8 aromatic rings. The molecule has 3 aliphatic rings. The highest BCUT2D eigenvalue weighted by molar-refractivity contribution is 6.21. The second-order valence-electron chi connectivity index (χ2n) is 15.2. The van der Waals surface area contributed by atoms with Gasteiger partial charge in [0.2, 0.25) is 0 Å². The van der Waals surface area contributed by atoms with E-state index in [0.29, 0.717) is 0 Å². The standard InChI is InChI=1S/C54H38N2O2/c1-57-41-28-23-36(24-29-41)35-21-25-39(26-22-35)53(46-19-11-12-20-49(46)55-51(53)37-13-5-3-6-14-37)40-27-32-47-50(33-40)56-52(38-15-7-4-8-16-38)54(47)45-18-10-9-17-43(45)44-31-30-42(58-2)34-48(44)54/h3-34H,1-2H3. The van der Waals surface area contributed by atoms with Crippen molar-refractivity contribution in [3.63, 3.8) is 0 Å². The molecule has 8 aromatic carbocycles. The second-order valence-corrected chi connectivity index (χ2v) is 15.2. The number of hydrogen-bond acceptors (Lipinski definition) is 4. The lowest BCUT2D eigenvalue weighted by Crippen LogP contribution is -2.37. The van der Waals surface area contributed by atoms with Crippen LogP contribution in [0, 0.1) is 0 Å². The fourth-order valence-corrected chi connectivity index (χ4v) is 9.86. The van der Waals surface area contributed by atoms with Crippen LogP contribution in [-0.4, -0.2) is 25.6 Å². The summed E-state index contributed by atoms with van der Waals surface area (Å²) in [6, 6.07) is 69.5. The van der Waals surface area contributed by atoms with Crippen LogP contribution in [0.1, 0.15) is 44.5 Å². The Bertz CT molecular complexity index is 2950. The summed E-state index contributed by atoms with van der Waals surface area (Å²) in [5.41, 5.74) is 16.4. The molecule has 0 radical (unpaired) electrons. The molecule has 2 unspecified atom stereocenters. The first-order valence-corrected chi connectivity index (χ1v) is 19.7. The number of aliphatic imine (C=N–C) groups is 2. The van der Waals surface area contributed by atoms with Gasteiger partial charge < -0.3 is 9.47 Å². The molecule has 0 N–H and O–H groups in total. The van der Waals surface area contributed by atoms with E-state index >= 15 is 0 Å². The van der Waals surface area contributed by atoms with Crippen LogP contribution in [0.4, 0.5) is 11.4 Å². The lowest BCUT2D eigenvalue weighted by atomic mass is 9.64. The third kappa shape index (κ3) is 4.75. The van der Waals surface area contributed by atoms with Crippen molar-refractivity contribution in [3.05, 3.63) is 239 Å². The molecule has 0 fully saturated rings. The molecule has 0 saturated heterocycles. The molecule has 1 spiro atoms.